The number of anilines is 1. The first kappa shape index (κ1) is 35.5. The Morgan fingerprint density at radius 1 is 1.10 bits per heavy atom. The number of halogens is 2. The van der Waals surface area contributed by atoms with Crippen LogP contribution in [0.1, 0.15) is 67.0 Å². The second-order valence-corrected chi connectivity index (χ2v) is 14.2. The van der Waals surface area contributed by atoms with Gasteiger partial charge >= 0.3 is 0 Å². The third-order valence-electron chi connectivity index (χ3n) is 9.77. The second kappa shape index (κ2) is 15.3. The van der Waals surface area contributed by atoms with E-state index in [0.717, 1.165) is 37.9 Å². The Bertz CT molecular complexity index is 1950. The van der Waals surface area contributed by atoms with Crippen LogP contribution in [0.2, 0.25) is 0 Å². The molecule has 262 valence electrons. The summed E-state index contributed by atoms with van der Waals surface area (Å²) in [7, 11) is 2.08. The Labute approximate surface area is 299 Å². The van der Waals surface area contributed by atoms with Gasteiger partial charge in [0.05, 0.1) is 5.52 Å². The molecular formula is C37H42BrFN8O3. The lowest BCUT2D eigenvalue weighted by atomic mass is 9.99. The number of nitrogens with zero attached hydrogens (tertiary/aromatic N) is 7. The average Bonchev–Trinajstić information content (AvgIpc) is 3.61. The van der Waals surface area contributed by atoms with Crippen LogP contribution in [-0.4, -0.2) is 84.4 Å². The van der Waals surface area contributed by atoms with Gasteiger partial charge in [-0.1, -0.05) is 18.2 Å². The summed E-state index contributed by atoms with van der Waals surface area (Å²) >= 11 is 3.44. The summed E-state index contributed by atoms with van der Waals surface area (Å²) in [6.07, 6.45) is 11.8. The molecule has 2 aliphatic heterocycles. The number of carbonyl (C=O) groups excluding carboxylic acids is 3. The molecule has 4 aromatic rings. The first-order valence-corrected chi connectivity index (χ1v) is 17.8. The number of pyridine rings is 1. The molecule has 1 N–H and O–H groups in total. The summed E-state index contributed by atoms with van der Waals surface area (Å²) in [5.74, 6) is 0.116. The van der Waals surface area contributed by atoms with Gasteiger partial charge in [-0.3, -0.25) is 19.1 Å². The highest BCUT2D eigenvalue weighted by Crippen LogP contribution is 2.34. The summed E-state index contributed by atoms with van der Waals surface area (Å²) in [6.45, 7) is 5.68. The minimum atomic E-state index is -0.842. The van der Waals surface area contributed by atoms with Crippen LogP contribution in [0.4, 0.5) is 10.2 Å². The number of alkyl halides is 1. The lowest BCUT2D eigenvalue weighted by Crippen LogP contribution is -2.48. The zero-order valence-electron chi connectivity index (χ0n) is 28.8. The van der Waals surface area contributed by atoms with E-state index in [2.05, 4.69) is 65.4 Å². The number of rotatable bonds is 5. The highest BCUT2D eigenvalue weighted by atomic mass is 79.9. The zero-order valence-corrected chi connectivity index (χ0v) is 30.4. The Kier molecular flexibility index (Phi) is 10.8. The molecule has 1 saturated heterocycles. The van der Waals surface area contributed by atoms with E-state index in [0.29, 0.717) is 51.1 Å². The molecule has 11 nitrogen and oxygen atoms in total. The molecule has 0 radical (unpaired) electrons. The van der Waals surface area contributed by atoms with Crippen molar-refractivity contribution < 1.29 is 18.8 Å². The lowest BCUT2D eigenvalue weighted by molar-refractivity contribution is -0.139. The highest BCUT2D eigenvalue weighted by Gasteiger charge is 2.45. The number of benzene rings is 1. The quantitative estimate of drug-likeness (QED) is 0.148. The van der Waals surface area contributed by atoms with Gasteiger partial charge in [0, 0.05) is 48.4 Å². The van der Waals surface area contributed by atoms with Gasteiger partial charge in [-0.2, -0.15) is 5.10 Å². The predicted molar refractivity (Wildman–Crippen MR) is 193 cm³/mol. The van der Waals surface area contributed by atoms with E-state index in [9.17, 15) is 18.8 Å². The topological polar surface area (TPSA) is 126 Å². The molecule has 2 bridgehead atoms. The molecule has 0 spiro atoms. The number of allylic oxidation sites excluding steroid dienone is 2. The standard InChI is InChI=1S/C37H42BrFN8O3/c1-22-28-16-31(37(50)43-36-25(11-12-32(38)42-36)10-8-6-5-7-9-13-45(4)20-28)47(22)33(49)21-46-35-27(17-39)14-26(29-18-40-24(3)41-19-29)15-30(35)34(44-46)23(2)48/h6,8,11-12,14-15,18-19,22,28,31H,5,7,9-10,13,16-17,20-21H2,1-4H3,(H,42,43,50)/b8-6+/t22-,28-,31+/m1/s1. The molecule has 3 atom stereocenters. The highest BCUT2D eigenvalue weighted by molar-refractivity contribution is 9.10. The molecule has 0 unspecified atom stereocenters. The third kappa shape index (κ3) is 7.53. The van der Waals surface area contributed by atoms with E-state index in [1.54, 1.807) is 36.4 Å². The fourth-order valence-electron chi connectivity index (χ4n) is 7.17. The van der Waals surface area contributed by atoms with Crippen LogP contribution in [0.5, 0.6) is 0 Å². The van der Waals surface area contributed by atoms with Crippen molar-refractivity contribution in [3.05, 3.63) is 76.1 Å². The number of likely N-dealkylation sites (tertiary alicyclic amines) is 1. The molecule has 5 heterocycles. The number of ketones is 1. The molecule has 2 aliphatic rings. The number of aromatic nitrogens is 5. The minimum Gasteiger partial charge on any atom is -0.326 e. The lowest BCUT2D eigenvalue weighted by Gasteiger charge is -2.30. The molecule has 2 amide bonds. The molecule has 13 heteroatoms. The van der Waals surface area contributed by atoms with Crippen molar-refractivity contribution in [3.8, 4) is 11.1 Å². The number of hydrogen-bond acceptors (Lipinski definition) is 8. The van der Waals surface area contributed by atoms with Gasteiger partial charge in [0.15, 0.2) is 5.78 Å². The maximum atomic E-state index is 14.7. The van der Waals surface area contributed by atoms with Gasteiger partial charge in [-0.25, -0.2) is 19.3 Å². The maximum Gasteiger partial charge on any atom is 0.248 e. The van der Waals surface area contributed by atoms with Gasteiger partial charge in [0.1, 0.15) is 41.2 Å². The summed E-state index contributed by atoms with van der Waals surface area (Å²) in [5, 5.41) is 8.04. The monoisotopic (exact) mass is 744 g/mol. The number of Topliss-reactive ketones (excluding diaryl/α,β-unsaturated/α-hetero) is 1. The van der Waals surface area contributed by atoms with E-state index in [-0.39, 0.29) is 47.4 Å². The Morgan fingerprint density at radius 2 is 1.88 bits per heavy atom. The van der Waals surface area contributed by atoms with E-state index < -0.39 is 12.7 Å². The third-order valence-corrected chi connectivity index (χ3v) is 10.2. The molecular weight excluding hydrogens is 703 g/mol. The van der Waals surface area contributed by atoms with Crippen molar-refractivity contribution in [1.82, 2.24) is 34.5 Å². The van der Waals surface area contributed by atoms with Crippen LogP contribution in [0, 0.1) is 12.8 Å². The summed E-state index contributed by atoms with van der Waals surface area (Å²) in [4.78, 5) is 58.4. The summed E-state index contributed by atoms with van der Waals surface area (Å²) in [6, 6.07) is 6.20. The number of fused-ring (bicyclic) bond motifs is 4. The van der Waals surface area contributed by atoms with E-state index in [4.69, 9.17) is 0 Å². The van der Waals surface area contributed by atoms with Crippen LogP contribution in [-0.2, 0) is 29.2 Å². The van der Waals surface area contributed by atoms with E-state index in [1.165, 1.54) is 11.6 Å². The van der Waals surface area contributed by atoms with E-state index >= 15 is 0 Å². The number of hydrogen-bond donors (Lipinski definition) is 1. The number of aryl methyl sites for hydroxylation is 1. The molecule has 3 aromatic heterocycles. The molecule has 1 fully saturated rings. The predicted octanol–water partition coefficient (Wildman–Crippen LogP) is 6.09. The van der Waals surface area contributed by atoms with Crippen LogP contribution in [0.15, 0.2) is 53.4 Å². The molecule has 6 rings (SSSR count). The van der Waals surface area contributed by atoms with Crippen molar-refractivity contribution in [1.29, 1.82) is 0 Å². The van der Waals surface area contributed by atoms with Gasteiger partial charge in [0.25, 0.3) is 0 Å². The van der Waals surface area contributed by atoms with Gasteiger partial charge in [-0.05, 0) is 111 Å². The summed E-state index contributed by atoms with van der Waals surface area (Å²) < 4.78 is 16.7. The van der Waals surface area contributed by atoms with Gasteiger partial charge in [-0.15, -0.1) is 0 Å². The van der Waals surface area contributed by atoms with E-state index in [1.807, 2.05) is 19.1 Å². The van der Waals surface area contributed by atoms with Crippen LogP contribution < -0.4 is 5.32 Å². The average molecular weight is 746 g/mol. The minimum absolute atomic E-state index is 0.0327. The first-order valence-electron chi connectivity index (χ1n) is 17.0. The SMILES string of the molecule is CC(=O)c1nn(CC(=O)N2[C@H](C)[C@@H]3C[C@H]2C(=O)Nc2nc(Br)ccc2C/C=C/CCCCN(C)C3)c2c(CF)cc(-c3cnc(C)nc3)cc12. The normalized spacial score (nSPS) is 21.2. The van der Waals surface area contributed by atoms with Crippen molar-refractivity contribution in [2.24, 2.45) is 5.92 Å². The number of carbonyl (C=O) groups is 3. The maximum absolute atomic E-state index is 14.7. The smallest absolute Gasteiger partial charge is 0.248 e. The van der Waals surface area contributed by atoms with Crippen molar-refractivity contribution >= 4 is 50.2 Å². The second-order valence-electron chi connectivity index (χ2n) is 13.4. The Balaban J connectivity index is 1.36. The van der Waals surface area contributed by atoms with Crippen LogP contribution >= 0.6 is 15.9 Å². The molecule has 0 saturated carbocycles. The van der Waals surface area contributed by atoms with Crippen molar-refractivity contribution in [2.75, 3.05) is 25.5 Å². The Hall–Kier alpha value is -4.36. The fraction of sp³-hybridized carbons (Fsp3) is 0.432. The van der Waals surface area contributed by atoms with Crippen LogP contribution in [0.3, 0.4) is 0 Å². The molecule has 1 aromatic carbocycles. The largest absolute Gasteiger partial charge is 0.326 e. The fourth-order valence-corrected chi connectivity index (χ4v) is 7.48. The summed E-state index contributed by atoms with van der Waals surface area (Å²) in [5.41, 5.74) is 2.98. The first-order chi connectivity index (χ1) is 24.0. The van der Waals surface area contributed by atoms with Crippen LogP contribution in [0.25, 0.3) is 22.0 Å². The molecule has 50 heavy (non-hydrogen) atoms. The van der Waals surface area contributed by atoms with Crippen molar-refractivity contribution in [2.45, 2.75) is 78.2 Å². The number of nitrogens with one attached hydrogen (secondary N) is 1. The number of amides is 2. The van der Waals surface area contributed by atoms with Crippen molar-refractivity contribution in [3.63, 3.8) is 0 Å². The van der Waals surface area contributed by atoms with Gasteiger partial charge < -0.3 is 15.1 Å². The van der Waals surface area contributed by atoms with Gasteiger partial charge in [0.2, 0.25) is 11.8 Å². The zero-order chi connectivity index (χ0) is 35.5. The Morgan fingerprint density at radius 3 is 2.62 bits per heavy atom. The molecule has 0 aliphatic carbocycles.